The van der Waals surface area contributed by atoms with Gasteiger partial charge in [0.25, 0.3) is 0 Å². The van der Waals surface area contributed by atoms with Crippen molar-refractivity contribution < 1.29 is 14.0 Å². The molecule has 1 aliphatic heterocycles. The molecule has 6 heteroatoms. The number of rotatable bonds is 7. The minimum absolute atomic E-state index is 0.125. The molecule has 0 radical (unpaired) electrons. The van der Waals surface area contributed by atoms with Gasteiger partial charge in [-0.05, 0) is 44.2 Å². The lowest BCUT2D eigenvalue weighted by Crippen LogP contribution is -2.28. The second-order valence-electron chi connectivity index (χ2n) is 6.98. The van der Waals surface area contributed by atoms with E-state index in [1.807, 2.05) is 24.3 Å². The van der Waals surface area contributed by atoms with E-state index in [0.717, 1.165) is 18.8 Å². The van der Waals surface area contributed by atoms with E-state index in [2.05, 4.69) is 24.1 Å². The molecule has 2 amide bonds. The van der Waals surface area contributed by atoms with Crippen LogP contribution in [0.25, 0.3) is 0 Å². The molecule has 0 aliphatic carbocycles. The summed E-state index contributed by atoms with van der Waals surface area (Å²) in [4.78, 5) is 28.6. The molecule has 1 saturated heterocycles. The zero-order valence-electron chi connectivity index (χ0n) is 16.3. The third kappa shape index (κ3) is 4.50. The number of nitrogens with one attached hydrogen (secondary N) is 1. The molecule has 0 spiro atoms. The lowest BCUT2D eigenvalue weighted by Gasteiger charge is -2.21. The van der Waals surface area contributed by atoms with Crippen LogP contribution >= 0.6 is 0 Å². The topological polar surface area (TPSA) is 52.7 Å². The van der Waals surface area contributed by atoms with Gasteiger partial charge in [-0.1, -0.05) is 18.2 Å². The van der Waals surface area contributed by atoms with Crippen LogP contribution in [0.2, 0.25) is 0 Å². The van der Waals surface area contributed by atoms with Gasteiger partial charge in [0.1, 0.15) is 5.82 Å². The number of likely N-dealkylation sites (tertiary alicyclic amines) is 1. The fraction of sp³-hybridized carbons (Fsp3) is 0.364. The summed E-state index contributed by atoms with van der Waals surface area (Å²) < 4.78 is 13.8. The maximum absolute atomic E-state index is 13.8. The van der Waals surface area contributed by atoms with Crippen molar-refractivity contribution in [2.24, 2.45) is 5.92 Å². The highest BCUT2D eigenvalue weighted by molar-refractivity contribution is 5.97. The van der Waals surface area contributed by atoms with Crippen molar-refractivity contribution in [1.29, 1.82) is 0 Å². The average molecular weight is 383 g/mol. The Labute approximate surface area is 165 Å². The van der Waals surface area contributed by atoms with E-state index >= 15 is 0 Å². The Balaban J connectivity index is 1.59. The molecule has 0 bridgehead atoms. The highest BCUT2D eigenvalue weighted by Gasteiger charge is 2.34. The Bertz CT molecular complexity index is 834. The highest BCUT2D eigenvalue weighted by Crippen LogP contribution is 2.24. The number of carbonyl (C=O) groups excluding carboxylic acids is 2. The number of amides is 2. The molecule has 0 aromatic heterocycles. The predicted octanol–water partition coefficient (Wildman–Crippen LogP) is 3.66. The molecule has 148 valence electrons. The van der Waals surface area contributed by atoms with E-state index in [1.165, 1.54) is 6.07 Å². The molecular formula is C22H26FN3O2. The smallest absolute Gasteiger partial charge is 0.229 e. The fourth-order valence-corrected chi connectivity index (χ4v) is 3.52. The Hall–Kier alpha value is -2.89. The van der Waals surface area contributed by atoms with Gasteiger partial charge in [-0.2, -0.15) is 0 Å². The second kappa shape index (κ2) is 8.87. The van der Waals surface area contributed by atoms with Crippen LogP contribution < -0.4 is 10.2 Å². The van der Waals surface area contributed by atoms with Gasteiger partial charge in [-0.3, -0.25) is 9.59 Å². The summed E-state index contributed by atoms with van der Waals surface area (Å²) in [5.74, 6) is -1.07. The van der Waals surface area contributed by atoms with E-state index in [-0.39, 0.29) is 30.6 Å². The van der Waals surface area contributed by atoms with Crippen molar-refractivity contribution in [2.45, 2.75) is 26.8 Å². The number of hydrogen-bond acceptors (Lipinski definition) is 3. The first-order valence-electron chi connectivity index (χ1n) is 9.68. The quantitative estimate of drug-likeness (QED) is 0.794. The van der Waals surface area contributed by atoms with Crippen molar-refractivity contribution in [3.63, 3.8) is 0 Å². The van der Waals surface area contributed by atoms with Crippen molar-refractivity contribution >= 4 is 23.2 Å². The predicted molar refractivity (Wildman–Crippen MR) is 109 cm³/mol. The minimum Gasteiger partial charge on any atom is -0.372 e. The number of halogens is 1. The van der Waals surface area contributed by atoms with Crippen LogP contribution in [0.3, 0.4) is 0 Å². The van der Waals surface area contributed by atoms with Crippen LogP contribution in [-0.2, 0) is 16.1 Å². The summed E-state index contributed by atoms with van der Waals surface area (Å²) in [7, 11) is 0. The van der Waals surface area contributed by atoms with Gasteiger partial charge in [0.2, 0.25) is 11.8 Å². The molecule has 5 nitrogen and oxygen atoms in total. The average Bonchev–Trinajstić information content (AvgIpc) is 3.06. The third-order valence-corrected chi connectivity index (χ3v) is 5.17. The van der Waals surface area contributed by atoms with Crippen LogP contribution in [0.15, 0.2) is 48.5 Å². The van der Waals surface area contributed by atoms with Gasteiger partial charge in [-0.25, -0.2) is 4.39 Å². The first kappa shape index (κ1) is 19.9. The molecule has 1 aliphatic rings. The standard InChI is InChI=1S/C22H26FN3O2/c1-3-25(4-2)19-11-9-18(10-12-19)24-22(28)17-13-21(27)26(15-17)14-16-7-5-6-8-20(16)23/h5-12,17H,3-4,13-15H2,1-2H3,(H,24,28). The maximum atomic E-state index is 13.8. The zero-order valence-corrected chi connectivity index (χ0v) is 16.3. The van der Waals surface area contributed by atoms with E-state index in [1.54, 1.807) is 23.1 Å². The Morgan fingerprint density at radius 1 is 1.14 bits per heavy atom. The molecule has 1 atom stereocenters. The van der Waals surface area contributed by atoms with Gasteiger partial charge >= 0.3 is 0 Å². The second-order valence-corrected chi connectivity index (χ2v) is 6.98. The Morgan fingerprint density at radius 2 is 1.82 bits per heavy atom. The molecule has 28 heavy (non-hydrogen) atoms. The summed E-state index contributed by atoms with van der Waals surface area (Å²) >= 11 is 0. The normalized spacial score (nSPS) is 16.3. The first-order valence-corrected chi connectivity index (χ1v) is 9.68. The molecule has 1 fully saturated rings. The van der Waals surface area contributed by atoms with E-state index in [0.29, 0.717) is 17.8 Å². The van der Waals surface area contributed by atoms with Crippen molar-refractivity contribution in [3.8, 4) is 0 Å². The van der Waals surface area contributed by atoms with Crippen LogP contribution in [0, 0.1) is 11.7 Å². The van der Waals surface area contributed by atoms with E-state index < -0.39 is 5.92 Å². The molecule has 2 aromatic rings. The largest absolute Gasteiger partial charge is 0.372 e. The van der Waals surface area contributed by atoms with Crippen LogP contribution in [0.1, 0.15) is 25.8 Å². The van der Waals surface area contributed by atoms with Crippen molar-refractivity contribution in [3.05, 3.63) is 59.9 Å². The minimum atomic E-state index is -0.429. The summed E-state index contributed by atoms with van der Waals surface area (Å²) in [6, 6.07) is 14.1. The van der Waals surface area contributed by atoms with Gasteiger partial charge in [0.15, 0.2) is 0 Å². The monoisotopic (exact) mass is 383 g/mol. The zero-order chi connectivity index (χ0) is 20.1. The molecule has 1 N–H and O–H groups in total. The van der Waals surface area contributed by atoms with Crippen LogP contribution in [0.5, 0.6) is 0 Å². The summed E-state index contributed by atoms with van der Waals surface area (Å²) in [5.41, 5.74) is 2.28. The SMILES string of the molecule is CCN(CC)c1ccc(NC(=O)C2CC(=O)N(Cc3ccccc3F)C2)cc1. The van der Waals surface area contributed by atoms with E-state index in [4.69, 9.17) is 0 Å². The van der Waals surface area contributed by atoms with Gasteiger partial charge in [0, 0.05) is 49.5 Å². The number of carbonyl (C=O) groups is 2. The number of anilines is 2. The van der Waals surface area contributed by atoms with Crippen molar-refractivity contribution in [2.75, 3.05) is 29.9 Å². The summed E-state index contributed by atoms with van der Waals surface area (Å²) in [5, 5.41) is 2.89. The van der Waals surface area contributed by atoms with Gasteiger partial charge in [0.05, 0.1) is 5.92 Å². The summed E-state index contributed by atoms with van der Waals surface area (Å²) in [6.07, 6.45) is 0.151. The maximum Gasteiger partial charge on any atom is 0.229 e. The van der Waals surface area contributed by atoms with Crippen LogP contribution in [0.4, 0.5) is 15.8 Å². The highest BCUT2D eigenvalue weighted by atomic mass is 19.1. The Morgan fingerprint density at radius 3 is 2.46 bits per heavy atom. The fourth-order valence-electron chi connectivity index (χ4n) is 3.52. The molecule has 3 rings (SSSR count). The third-order valence-electron chi connectivity index (χ3n) is 5.17. The molecule has 1 unspecified atom stereocenters. The lowest BCUT2D eigenvalue weighted by atomic mass is 10.1. The number of hydrogen-bond donors (Lipinski definition) is 1. The Kier molecular flexibility index (Phi) is 6.29. The molecular weight excluding hydrogens is 357 g/mol. The molecule has 1 heterocycles. The number of nitrogens with zero attached hydrogens (tertiary/aromatic N) is 2. The molecule has 0 saturated carbocycles. The molecule has 2 aromatic carbocycles. The van der Waals surface area contributed by atoms with Gasteiger partial charge in [-0.15, -0.1) is 0 Å². The lowest BCUT2D eigenvalue weighted by molar-refractivity contribution is -0.128. The number of benzene rings is 2. The van der Waals surface area contributed by atoms with Crippen LogP contribution in [-0.4, -0.2) is 36.3 Å². The van der Waals surface area contributed by atoms with E-state index in [9.17, 15) is 14.0 Å². The summed E-state index contributed by atoms with van der Waals surface area (Å²) in [6.45, 7) is 6.53. The van der Waals surface area contributed by atoms with Gasteiger partial charge < -0.3 is 15.1 Å². The first-order chi connectivity index (χ1) is 13.5. The van der Waals surface area contributed by atoms with Crippen molar-refractivity contribution in [1.82, 2.24) is 4.90 Å².